The lowest BCUT2D eigenvalue weighted by atomic mass is 9.75. The molecule has 2 bridgehead atoms. The van der Waals surface area contributed by atoms with Crippen LogP contribution >= 0.6 is 0 Å². The van der Waals surface area contributed by atoms with Gasteiger partial charge in [-0.05, 0) is 50.8 Å². The Balaban J connectivity index is 1.59. The van der Waals surface area contributed by atoms with Crippen LogP contribution in [0.2, 0.25) is 0 Å². The highest BCUT2D eigenvalue weighted by molar-refractivity contribution is 5.99. The van der Waals surface area contributed by atoms with E-state index in [-0.39, 0.29) is 35.4 Å². The number of ether oxygens (including phenoxy) is 2. The third kappa shape index (κ3) is 5.13. The summed E-state index contributed by atoms with van der Waals surface area (Å²) in [6, 6.07) is 1.88. The van der Waals surface area contributed by atoms with E-state index in [2.05, 4.69) is 12.0 Å². The number of rotatable bonds is 2. The summed E-state index contributed by atoms with van der Waals surface area (Å²) in [5.74, 6) is -1.75. The Bertz CT molecular complexity index is 981. The summed E-state index contributed by atoms with van der Waals surface area (Å²) in [6.45, 7) is 5.63. The number of aliphatic hydroxyl groups is 2. The number of Topliss-reactive ketones (excluding diaryl/α,β-unsaturated/α-hetero) is 1. The third-order valence-corrected chi connectivity index (χ3v) is 7.33. The molecule has 0 amide bonds. The fraction of sp³-hybridized carbons (Fsp3) is 0.640. The first kappa shape index (κ1) is 23.9. The average molecular weight is 459 g/mol. The second-order valence-electron chi connectivity index (χ2n) is 9.98. The molecule has 1 fully saturated rings. The lowest BCUT2D eigenvalue weighted by molar-refractivity contribution is -0.149. The van der Waals surface area contributed by atoms with Crippen molar-refractivity contribution in [1.29, 1.82) is 0 Å². The molecule has 0 spiro atoms. The highest BCUT2D eigenvalue weighted by Crippen LogP contribution is 2.45. The Hall–Kier alpha value is -2.29. The first-order valence-corrected chi connectivity index (χ1v) is 11.7. The first-order valence-electron chi connectivity index (χ1n) is 11.7. The van der Waals surface area contributed by atoms with Crippen LogP contribution in [0.5, 0.6) is 0 Å². The molecular weight excluding hydrogens is 424 g/mol. The van der Waals surface area contributed by atoms with E-state index < -0.39 is 30.2 Å². The van der Waals surface area contributed by atoms with Gasteiger partial charge < -0.3 is 19.7 Å². The topological polar surface area (TPSA) is 114 Å². The maximum atomic E-state index is 12.8. The summed E-state index contributed by atoms with van der Waals surface area (Å²) >= 11 is 0. The van der Waals surface area contributed by atoms with Crippen molar-refractivity contribution in [2.75, 3.05) is 0 Å². The van der Waals surface area contributed by atoms with E-state index in [9.17, 15) is 19.8 Å². The van der Waals surface area contributed by atoms with Crippen LogP contribution in [0.25, 0.3) is 6.08 Å². The second-order valence-corrected chi connectivity index (χ2v) is 9.98. The number of hydrogen-bond donors (Lipinski definition) is 2. The van der Waals surface area contributed by atoms with Crippen molar-refractivity contribution in [2.45, 2.75) is 82.9 Å². The molecule has 0 radical (unpaired) electrons. The predicted octanol–water partition coefficient (Wildman–Crippen LogP) is 2.34. The van der Waals surface area contributed by atoms with E-state index in [0.29, 0.717) is 12.8 Å². The molecule has 1 aliphatic carbocycles. The van der Waals surface area contributed by atoms with Crippen molar-refractivity contribution < 1.29 is 29.3 Å². The zero-order valence-corrected chi connectivity index (χ0v) is 19.7. The van der Waals surface area contributed by atoms with E-state index >= 15 is 0 Å². The molecule has 2 N–H and O–H groups in total. The highest BCUT2D eigenvalue weighted by atomic mass is 16.6. The molecule has 2 aliphatic heterocycles. The second kappa shape index (κ2) is 9.16. The van der Waals surface area contributed by atoms with Crippen molar-refractivity contribution in [3.63, 3.8) is 0 Å². The number of ketones is 1. The number of aliphatic hydroxyl groups excluding tert-OH is 2. The van der Waals surface area contributed by atoms with E-state index in [4.69, 9.17) is 9.47 Å². The zero-order chi connectivity index (χ0) is 23.9. The maximum Gasteiger partial charge on any atom is 0.309 e. The monoisotopic (exact) mass is 458 g/mol. The van der Waals surface area contributed by atoms with Crippen LogP contribution in [0, 0.1) is 11.8 Å². The number of aryl methyl sites for hydroxylation is 1. The summed E-state index contributed by atoms with van der Waals surface area (Å²) in [4.78, 5) is 25.5. The van der Waals surface area contributed by atoms with Crippen LogP contribution in [0.15, 0.2) is 29.5 Å². The fourth-order valence-corrected chi connectivity index (χ4v) is 5.06. The van der Waals surface area contributed by atoms with Gasteiger partial charge in [-0.2, -0.15) is 5.10 Å². The van der Waals surface area contributed by atoms with Crippen LogP contribution in [0.1, 0.15) is 58.6 Å². The van der Waals surface area contributed by atoms with Crippen molar-refractivity contribution in [3.05, 3.63) is 35.2 Å². The molecule has 1 aromatic rings. The molecule has 0 saturated carbocycles. The number of aromatic nitrogens is 2. The number of carbonyl (C=O) groups is 2. The van der Waals surface area contributed by atoms with E-state index in [1.807, 2.05) is 32.3 Å². The molecule has 4 rings (SSSR count). The van der Waals surface area contributed by atoms with Gasteiger partial charge in [-0.25, -0.2) is 0 Å². The standard InChI is InChI=1S/C25H34N2O6/c1-14(10-17-7-9-27(4)26-17)20-13-21-25(3,33-21)8-5-6-16-11-18(19(28)12-22(29)32-20)24(31)15(2)23(16)30/h7,9-11,15-16,19-21,23,28,30H,5-6,8,12-13H2,1-4H3/b14-10+/t15-,16-,19+,20+,21+,23-,25-/m1/s1. The van der Waals surface area contributed by atoms with E-state index in [1.54, 1.807) is 17.7 Å². The quantitative estimate of drug-likeness (QED) is 0.516. The maximum absolute atomic E-state index is 12.8. The molecule has 180 valence electrons. The van der Waals surface area contributed by atoms with Gasteiger partial charge in [-0.3, -0.25) is 14.3 Å². The van der Waals surface area contributed by atoms with Crippen molar-refractivity contribution in [2.24, 2.45) is 18.9 Å². The van der Waals surface area contributed by atoms with Crippen LogP contribution in [0.4, 0.5) is 0 Å². The number of epoxide rings is 1. The van der Waals surface area contributed by atoms with Gasteiger partial charge in [-0.15, -0.1) is 0 Å². The Morgan fingerprint density at radius 2 is 2.09 bits per heavy atom. The van der Waals surface area contributed by atoms with Crippen LogP contribution < -0.4 is 0 Å². The van der Waals surface area contributed by atoms with E-state index in [0.717, 1.165) is 24.1 Å². The summed E-state index contributed by atoms with van der Waals surface area (Å²) in [5, 5.41) is 25.7. The highest BCUT2D eigenvalue weighted by Gasteiger charge is 2.53. The van der Waals surface area contributed by atoms with Crippen LogP contribution in [-0.2, 0) is 26.1 Å². The number of fused-ring (bicyclic) bond motifs is 2. The molecule has 3 aliphatic rings. The number of carbonyl (C=O) groups excluding carboxylic acids is 2. The van der Waals surface area contributed by atoms with Gasteiger partial charge in [0, 0.05) is 37.1 Å². The molecule has 0 unspecified atom stereocenters. The SMILES string of the molecule is C/C(=C\c1ccn(C)n1)[C@@H]1C[C@@H]2O[C@]2(C)CCC[C@@H]2C=C(C(=O)[C@H](C)[C@H]2O)[C@@H](O)CC(=O)O1. The lowest BCUT2D eigenvalue weighted by Gasteiger charge is -2.32. The molecule has 8 heteroatoms. The zero-order valence-electron chi connectivity index (χ0n) is 19.7. The molecule has 0 aromatic carbocycles. The largest absolute Gasteiger partial charge is 0.458 e. The molecular formula is C25H34N2O6. The van der Waals surface area contributed by atoms with Gasteiger partial charge in [0.2, 0.25) is 0 Å². The Morgan fingerprint density at radius 1 is 1.33 bits per heavy atom. The smallest absolute Gasteiger partial charge is 0.309 e. The number of nitrogens with zero attached hydrogens (tertiary/aromatic N) is 2. The summed E-state index contributed by atoms with van der Waals surface area (Å²) < 4.78 is 13.5. The van der Waals surface area contributed by atoms with Gasteiger partial charge in [-0.1, -0.05) is 13.0 Å². The van der Waals surface area contributed by atoms with E-state index in [1.165, 1.54) is 0 Å². The molecule has 1 saturated heterocycles. The summed E-state index contributed by atoms with van der Waals surface area (Å²) in [5.41, 5.74) is 1.51. The van der Waals surface area contributed by atoms with Gasteiger partial charge >= 0.3 is 5.97 Å². The van der Waals surface area contributed by atoms with Crippen molar-refractivity contribution >= 4 is 17.8 Å². The van der Waals surface area contributed by atoms with Gasteiger partial charge in [0.05, 0.1) is 36.0 Å². The van der Waals surface area contributed by atoms with Crippen molar-refractivity contribution in [1.82, 2.24) is 9.78 Å². The van der Waals surface area contributed by atoms with Crippen molar-refractivity contribution in [3.8, 4) is 0 Å². The first-order chi connectivity index (χ1) is 15.6. The minimum absolute atomic E-state index is 0.0434. The fourth-order valence-electron chi connectivity index (χ4n) is 5.06. The molecule has 8 nitrogen and oxygen atoms in total. The third-order valence-electron chi connectivity index (χ3n) is 7.33. The van der Waals surface area contributed by atoms with Crippen LogP contribution in [-0.4, -0.2) is 61.8 Å². The molecule has 3 heterocycles. The number of hydrogen-bond acceptors (Lipinski definition) is 7. The van der Waals surface area contributed by atoms with Gasteiger partial charge in [0.15, 0.2) is 5.78 Å². The minimum atomic E-state index is -1.26. The Kier molecular flexibility index (Phi) is 6.62. The lowest BCUT2D eigenvalue weighted by Crippen LogP contribution is -2.40. The summed E-state index contributed by atoms with van der Waals surface area (Å²) in [7, 11) is 1.84. The number of esters is 1. The normalized spacial score (nSPS) is 38.1. The predicted molar refractivity (Wildman–Crippen MR) is 121 cm³/mol. The average Bonchev–Trinajstić information content (AvgIpc) is 3.19. The molecule has 33 heavy (non-hydrogen) atoms. The number of cyclic esters (lactones) is 1. The van der Waals surface area contributed by atoms with Gasteiger partial charge in [0.1, 0.15) is 6.10 Å². The molecule has 7 atom stereocenters. The summed E-state index contributed by atoms with van der Waals surface area (Å²) in [6.07, 6.45) is 5.29. The molecule has 1 aromatic heterocycles. The minimum Gasteiger partial charge on any atom is -0.458 e. The Morgan fingerprint density at radius 3 is 2.79 bits per heavy atom. The van der Waals surface area contributed by atoms with Gasteiger partial charge in [0.25, 0.3) is 0 Å². The van der Waals surface area contributed by atoms with Crippen LogP contribution in [0.3, 0.4) is 0 Å². The Labute approximate surface area is 194 Å².